The Kier molecular flexibility index (Phi) is 4.18. The molecule has 3 fully saturated rings. The van der Waals surface area contributed by atoms with Gasteiger partial charge in [-0.05, 0) is 56.4 Å². The van der Waals surface area contributed by atoms with Gasteiger partial charge in [-0.15, -0.1) is 0 Å². The van der Waals surface area contributed by atoms with E-state index in [1.54, 1.807) is 6.07 Å². The van der Waals surface area contributed by atoms with Crippen molar-refractivity contribution in [2.75, 3.05) is 10.6 Å². The Morgan fingerprint density at radius 3 is 2.53 bits per heavy atom. The van der Waals surface area contributed by atoms with Crippen molar-refractivity contribution in [3.05, 3.63) is 39.5 Å². The quantitative estimate of drug-likeness (QED) is 0.653. The molecule has 0 aromatic carbocycles. The van der Waals surface area contributed by atoms with Gasteiger partial charge in [0.05, 0.1) is 5.02 Å². The highest BCUT2D eigenvalue weighted by molar-refractivity contribution is 6.34. The van der Waals surface area contributed by atoms with Crippen LogP contribution in [0.1, 0.15) is 61.9 Å². The first kappa shape index (κ1) is 19.7. The maximum atomic E-state index is 13.3. The Morgan fingerprint density at radius 1 is 1.09 bits per heavy atom. The number of hydrogen-bond acceptors (Lipinski definition) is 6. The molecule has 2 spiro atoms. The van der Waals surface area contributed by atoms with E-state index in [-0.39, 0.29) is 45.1 Å². The number of carbonyl (C=O) groups is 2. The molecule has 32 heavy (non-hydrogen) atoms. The van der Waals surface area contributed by atoms with E-state index in [1.165, 1.54) is 23.4 Å². The predicted molar refractivity (Wildman–Crippen MR) is 118 cm³/mol. The lowest BCUT2D eigenvalue weighted by Gasteiger charge is -2.26. The third-order valence-corrected chi connectivity index (χ3v) is 7.90. The second kappa shape index (κ2) is 6.78. The lowest BCUT2D eigenvalue weighted by atomic mass is 9.80. The summed E-state index contributed by atoms with van der Waals surface area (Å²) >= 11 is 6.41. The fourth-order valence-corrected chi connectivity index (χ4v) is 5.96. The summed E-state index contributed by atoms with van der Waals surface area (Å²) in [6.07, 6.45) is 8.99. The molecule has 9 nitrogen and oxygen atoms in total. The van der Waals surface area contributed by atoms with E-state index < -0.39 is 5.66 Å². The van der Waals surface area contributed by atoms with Gasteiger partial charge in [0.1, 0.15) is 35.0 Å². The molecule has 1 atom stereocenters. The number of anilines is 3. The van der Waals surface area contributed by atoms with Crippen LogP contribution in [0.15, 0.2) is 23.3 Å². The van der Waals surface area contributed by atoms with Crippen LogP contribution in [0.5, 0.6) is 0 Å². The molecular formula is C22H23ClN6O3. The average Bonchev–Trinajstić information content (AvgIpc) is 3.25. The predicted octanol–water partition coefficient (Wildman–Crippen LogP) is 3.13. The van der Waals surface area contributed by atoms with Crippen molar-refractivity contribution in [1.82, 2.24) is 19.9 Å². The normalized spacial score (nSPS) is 23.5. The molecule has 6 rings (SSSR count). The molecular weight excluding hydrogens is 432 g/mol. The second-order valence-corrected chi connectivity index (χ2v) is 9.87. The zero-order chi connectivity index (χ0) is 22.1. The van der Waals surface area contributed by atoms with Crippen molar-refractivity contribution in [1.29, 1.82) is 0 Å². The van der Waals surface area contributed by atoms with Gasteiger partial charge in [0.15, 0.2) is 0 Å². The van der Waals surface area contributed by atoms with Gasteiger partial charge in [0.25, 0.3) is 11.5 Å². The largest absolute Gasteiger partial charge is 0.336 e. The number of halogens is 1. The number of carbonyl (C=O) groups excluding carboxylic acids is 2. The third-order valence-electron chi connectivity index (χ3n) is 7.61. The van der Waals surface area contributed by atoms with Crippen molar-refractivity contribution in [3.8, 4) is 0 Å². The minimum absolute atomic E-state index is 0.0113. The van der Waals surface area contributed by atoms with Gasteiger partial charge in [-0.2, -0.15) is 0 Å². The van der Waals surface area contributed by atoms with Crippen LogP contribution in [0.4, 0.5) is 17.3 Å². The summed E-state index contributed by atoms with van der Waals surface area (Å²) in [6.45, 7) is 0. The van der Waals surface area contributed by atoms with Gasteiger partial charge in [0.2, 0.25) is 5.91 Å². The summed E-state index contributed by atoms with van der Waals surface area (Å²) in [5.74, 6) is 0.469. The third kappa shape index (κ3) is 2.87. The van der Waals surface area contributed by atoms with Crippen LogP contribution in [-0.4, -0.2) is 26.3 Å². The molecule has 2 aromatic rings. The number of pyridine rings is 1. The molecule has 10 heteroatoms. The highest BCUT2D eigenvalue weighted by Crippen LogP contribution is 2.65. The number of aromatic nitrogens is 3. The van der Waals surface area contributed by atoms with E-state index in [0.29, 0.717) is 24.5 Å². The maximum Gasteiger partial charge on any atom is 0.276 e. The zero-order valence-electron chi connectivity index (χ0n) is 17.4. The van der Waals surface area contributed by atoms with Crippen LogP contribution < -0.4 is 21.5 Å². The van der Waals surface area contributed by atoms with Crippen molar-refractivity contribution in [3.63, 3.8) is 0 Å². The van der Waals surface area contributed by atoms with Crippen molar-refractivity contribution >= 4 is 40.7 Å². The first-order valence-electron chi connectivity index (χ1n) is 11.1. The molecule has 1 unspecified atom stereocenters. The average molecular weight is 455 g/mol. The van der Waals surface area contributed by atoms with Crippen LogP contribution in [0.3, 0.4) is 0 Å². The number of nitrogens with zero attached hydrogens (tertiary/aromatic N) is 3. The Labute approximate surface area is 189 Å². The van der Waals surface area contributed by atoms with E-state index in [9.17, 15) is 14.4 Å². The zero-order valence-corrected chi connectivity index (χ0v) is 18.2. The molecule has 4 aliphatic rings. The minimum atomic E-state index is -0.711. The van der Waals surface area contributed by atoms with Gasteiger partial charge in [-0.25, -0.2) is 9.97 Å². The molecule has 0 saturated heterocycles. The van der Waals surface area contributed by atoms with Crippen LogP contribution in [0.25, 0.3) is 0 Å². The Morgan fingerprint density at radius 2 is 1.84 bits per heavy atom. The van der Waals surface area contributed by atoms with E-state index in [0.717, 1.165) is 32.1 Å². The maximum absolute atomic E-state index is 13.3. The number of nitrogens with one attached hydrogen (secondary N) is 3. The van der Waals surface area contributed by atoms with Crippen molar-refractivity contribution in [2.45, 2.75) is 57.0 Å². The summed E-state index contributed by atoms with van der Waals surface area (Å²) in [7, 11) is 0. The number of fused-ring (bicyclic) bond motifs is 2. The van der Waals surface area contributed by atoms with Crippen LogP contribution in [0.2, 0.25) is 5.02 Å². The van der Waals surface area contributed by atoms with Gasteiger partial charge in [-0.1, -0.05) is 18.0 Å². The fourth-order valence-electron chi connectivity index (χ4n) is 5.68. The van der Waals surface area contributed by atoms with E-state index in [1.807, 2.05) is 0 Å². The molecule has 0 radical (unpaired) electrons. The summed E-state index contributed by atoms with van der Waals surface area (Å²) in [4.78, 5) is 46.7. The molecule has 3 N–H and O–H groups in total. The number of hydrogen-bond donors (Lipinski definition) is 3. The van der Waals surface area contributed by atoms with Crippen LogP contribution in [-0.2, 0) is 10.5 Å². The summed E-state index contributed by atoms with van der Waals surface area (Å²) in [6, 6.07) is 3.04. The summed E-state index contributed by atoms with van der Waals surface area (Å²) in [5, 5.41) is 9.05. The summed E-state index contributed by atoms with van der Waals surface area (Å²) < 4.78 is 1.50. The van der Waals surface area contributed by atoms with Gasteiger partial charge in [-0.3, -0.25) is 19.0 Å². The molecule has 2 aromatic heterocycles. The highest BCUT2D eigenvalue weighted by Gasteiger charge is 2.60. The Bertz CT molecular complexity index is 1210. The van der Waals surface area contributed by atoms with Crippen molar-refractivity contribution < 1.29 is 9.59 Å². The van der Waals surface area contributed by atoms with Crippen LogP contribution in [0, 0.1) is 11.3 Å². The van der Waals surface area contributed by atoms with Gasteiger partial charge < -0.3 is 16.0 Å². The van der Waals surface area contributed by atoms with E-state index in [4.69, 9.17) is 11.6 Å². The molecule has 1 aliphatic heterocycles. The first-order chi connectivity index (χ1) is 15.4. The molecule has 3 heterocycles. The number of rotatable bonds is 4. The van der Waals surface area contributed by atoms with Crippen molar-refractivity contribution in [2.24, 2.45) is 11.3 Å². The lowest BCUT2D eigenvalue weighted by Crippen LogP contribution is -2.45. The van der Waals surface area contributed by atoms with Crippen LogP contribution >= 0.6 is 11.6 Å². The van der Waals surface area contributed by atoms with Gasteiger partial charge in [0, 0.05) is 12.0 Å². The Hall–Kier alpha value is -2.94. The standard InChI is InChI=1S/C22H23ClN6O3/c23-13-8-14(20(32)29-17(13)19(31)28-22(29)6-1-2-7-22)26-15-9-16(25-11-24-15)27-18(30)12-10-21(12)4-3-5-21/h8-9,11-12H,1-7,10H2,(H,28,31)(H2,24,25,26,27,30). The highest BCUT2D eigenvalue weighted by atomic mass is 35.5. The monoisotopic (exact) mass is 454 g/mol. The van der Waals surface area contributed by atoms with Gasteiger partial charge >= 0.3 is 0 Å². The topological polar surface area (TPSA) is 118 Å². The lowest BCUT2D eigenvalue weighted by molar-refractivity contribution is -0.118. The number of amides is 2. The molecule has 166 valence electrons. The van der Waals surface area contributed by atoms with E-state index >= 15 is 0 Å². The summed E-state index contributed by atoms with van der Waals surface area (Å²) in [5.41, 5.74) is -0.395. The molecule has 2 amide bonds. The SMILES string of the molecule is O=C1NC2(CCCC2)n2c1c(Cl)cc(Nc1cc(NC(=O)C3CC34CCC4)ncn1)c2=O. The Balaban J connectivity index is 1.27. The smallest absolute Gasteiger partial charge is 0.276 e. The molecule has 0 bridgehead atoms. The fraction of sp³-hybridized carbons (Fsp3) is 0.500. The molecule has 3 aliphatic carbocycles. The molecule has 3 saturated carbocycles. The minimum Gasteiger partial charge on any atom is -0.336 e. The van der Waals surface area contributed by atoms with E-state index in [2.05, 4.69) is 25.9 Å². The second-order valence-electron chi connectivity index (χ2n) is 9.46. The first-order valence-corrected chi connectivity index (χ1v) is 11.5.